The van der Waals surface area contributed by atoms with Gasteiger partial charge in [0.05, 0.1) is 0 Å². The minimum Gasteiger partial charge on any atom is -0.334 e. The SMILES string of the molecule is CC1=CCN2CC1c1ccccc1C2=O. The summed E-state index contributed by atoms with van der Waals surface area (Å²) in [6, 6.07) is 7.98. The highest BCUT2D eigenvalue weighted by Gasteiger charge is 2.33. The Kier molecular flexibility index (Phi) is 1.72. The average molecular weight is 199 g/mol. The molecule has 0 saturated carbocycles. The molecule has 0 aromatic heterocycles. The number of benzene rings is 1. The molecule has 2 heteroatoms. The smallest absolute Gasteiger partial charge is 0.254 e. The van der Waals surface area contributed by atoms with Gasteiger partial charge in [-0.05, 0) is 18.6 Å². The third-order valence-electron chi connectivity index (χ3n) is 3.44. The van der Waals surface area contributed by atoms with E-state index in [1.807, 2.05) is 23.1 Å². The molecule has 3 rings (SSSR count). The topological polar surface area (TPSA) is 20.3 Å². The lowest BCUT2D eigenvalue weighted by Gasteiger charge is -2.37. The zero-order valence-electron chi connectivity index (χ0n) is 8.73. The molecule has 0 radical (unpaired) electrons. The summed E-state index contributed by atoms with van der Waals surface area (Å²) in [4.78, 5) is 14.0. The van der Waals surface area contributed by atoms with Crippen molar-refractivity contribution in [2.24, 2.45) is 0 Å². The Bertz CT molecular complexity index is 461. The van der Waals surface area contributed by atoms with Crippen LogP contribution >= 0.6 is 0 Å². The van der Waals surface area contributed by atoms with Crippen LogP contribution in [0.3, 0.4) is 0 Å². The highest BCUT2D eigenvalue weighted by atomic mass is 16.2. The fourth-order valence-electron chi connectivity index (χ4n) is 2.51. The normalized spacial score (nSPS) is 23.5. The summed E-state index contributed by atoms with van der Waals surface area (Å²) in [5, 5.41) is 0. The maximum absolute atomic E-state index is 12.0. The Hall–Kier alpha value is -1.57. The van der Waals surface area contributed by atoms with Crippen molar-refractivity contribution >= 4 is 5.91 Å². The Balaban J connectivity index is 2.21. The van der Waals surface area contributed by atoms with Crippen LogP contribution < -0.4 is 0 Å². The van der Waals surface area contributed by atoms with Gasteiger partial charge in [0.1, 0.15) is 0 Å². The van der Waals surface area contributed by atoms with E-state index >= 15 is 0 Å². The zero-order valence-corrected chi connectivity index (χ0v) is 8.73. The number of fused-ring (bicyclic) bond motifs is 4. The van der Waals surface area contributed by atoms with Crippen molar-refractivity contribution in [3.8, 4) is 0 Å². The number of hydrogen-bond donors (Lipinski definition) is 0. The predicted octanol–water partition coefficient (Wildman–Crippen LogP) is 2.19. The number of carbonyl (C=O) groups excluding carboxylic acids is 1. The highest BCUT2D eigenvalue weighted by molar-refractivity contribution is 5.97. The Morgan fingerprint density at radius 3 is 3.00 bits per heavy atom. The molecule has 2 bridgehead atoms. The van der Waals surface area contributed by atoms with Gasteiger partial charge in [-0.15, -0.1) is 0 Å². The van der Waals surface area contributed by atoms with Gasteiger partial charge in [-0.25, -0.2) is 0 Å². The van der Waals surface area contributed by atoms with E-state index in [1.165, 1.54) is 11.1 Å². The summed E-state index contributed by atoms with van der Waals surface area (Å²) in [6.45, 7) is 3.79. The van der Waals surface area contributed by atoms with Crippen molar-refractivity contribution in [2.45, 2.75) is 12.8 Å². The third-order valence-corrected chi connectivity index (χ3v) is 3.44. The van der Waals surface area contributed by atoms with E-state index in [1.54, 1.807) is 0 Å². The van der Waals surface area contributed by atoms with E-state index in [0.717, 1.165) is 18.7 Å². The second-order valence-electron chi connectivity index (χ2n) is 4.30. The van der Waals surface area contributed by atoms with Crippen LogP contribution in [0.1, 0.15) is 28.8 Å². The van der Waals surface area contributed by atoms with Crippen LogP contribution in [0.2, 0.25) is 0 Å². The molecule has 2 nitrogen and oxygen atoms in total. The standard InChI is InChI=1S/C13H13NO/c1-9-6-7-14-8-12(9)10-4-2-3-5-11(10)13(14)15/h2-6,12H,7-8H2,1H3. The quantitative estimate of drug-likeness (QED) is 0.586. The van der Waals surface area contributed by atoms with Crippen molar-refractivity contribution in [3.63, 3.8) is 0 Å². The van der Waals surface area contributed by atoms with Crippen LogP contribution in [0.5, 0.6) is 0 Å². The van der Waals surface area contributed by atoms with Gasteiger partial charge in [0.15, 0.2) is 0 Å². The van der Waals surface area contributed by atoms with Crippen LogP contribution in [-0.4, -0.2) is 23.9 Å². The molecule has 1 aromatic rings. The van der Waals surface area contributed by atoms with E-state index in [9.17, 15) is 4.79 Å². The van der Waals surface area contributed by atoms with E-state index in [0.29, 0.717) is 5.92 Å². The van der Waals surface area contributed by atoms with Gasteiger partial charge < -0.3 is 4.90 Å². The molecule has 0 fully saturated rings. The van der Waals surface area contributed by atoms with E-state index in [4.69, 9.17) is 0 Å². The fourth-order valence-corrected chi connectivity index (χ4v) is 2.51. The van der Waals surface area contributed by atoms with Crippen molar-refractivity contribution in [1.82, 2.24) is 4.90 Å². The summed E-state index contributed by atoms with van der Waals surface area (Å²) >= 11 is 0. The summed E-state index contributed by atoms with van der Waals surface area (Å²) < 4.78 is 0. The minimum absolute atomic E-state index is 0.186. The number of carbonyl (C=O) groups is 1. The maximum Gasteiger partial charge on any atom is 0.254 e. The monoisotopic (exact) mass is 199 g/mol. The highest BCUT2D eigenvalue weighted by Crippen LogP contribution is 2.35. The molecule has 2 aliphatic rings. The molecule has 0 N–H and O–H groups in total. The molecular weight excluding hydrogens is 186 g/mol. The van der Waals surface area contributed by atoms with Crippen molar-refractivity contribution in [1.29, 1.82) is 0 Å². The second kappa shape index (κ2) is 2.96. The first kappa shape index (κ1) is 8.72. The summed E-state index contributed by atoms with van der Waals surface area (Å²) in [5.41, 5.74) is 3.49. The van der Waals surface area contributed by atoms with Crippen molar-refractivity contribution < 1.29 is 4.79 Å². The zero-order chi connectivity index (χ0) is 10.4. The first-order valence-electron chi connectivity index (χ1n) is 5.32. The summed E-state index contributed by atoms with van der Waals surface area (Å²) in [5.74, 6) is 0.609. The van der Waals surface area contributed by atoms with Gasteiger partial charge in [-0.2, -0.15) is 0 Å². The van der Waals surface area contributed by atoms with Gasteiger partial charge in [0, 0.05) is 24.6 Å². The van der Waals surface area contributed by atoms with Crippen LogP contribution in [0, 0.1) is 0 Å². The molecule has 76 valence electrons. The van der Waals surface area contributed by atoms with Gasteiger partial charge in [0.25, 0.3) is 5.91 Å². The van der Waals surface area contributed by atoms with Gasteiger partial charge >= 0.3 is 0 Å². The van der Waals surface area contributed by atoms with Crippen LogP contribution in [0.25, 0.3) is 0 Å². The minimum atomic E-state index is 0.186. The fraction of sp³-hybridized carbons (Fsp3) is 0.308. The van der Waals surface area contributed by atoms with E-state index < -0.39 is 0 Å². The van der Waals surface area contributed by atoms with Crippen LogP contribution in [0.15, 0.2) is 35.9 Å². The van der Waals surface area contributed by atoms with E-state index in [-0.39, 0.29) is 5.91 Å². The predicted molar refractivity (Wildman–Crippen MR) is 58.8 cm³/mol. The third kappa shape index (κ3) is 1.14. The van der Waals surface area contributed by atoms with E-state index in [2.05, 4.69) is 19.1 Å². The molecule has 2 heterocycles. The maximum atomic E-state index is 12.0. The Labute approximate surface area is 89.2 Å². The molecule has 1 atom stereocenters. The molecule has 0 aliphatic carbocycles. The van der Waals surface area contributed by atoms with Crippen molar-refractivity contribution in [3.05, 3.63) is 47.0 Å². The van der Waals surface area contributed by atoms with Crippen LogP contribution in [-0.2, 0) is 0 Å². The molecule has 1 amide bonds. The lowest BCUT2D eigenvalue weighted by molar-refractivity contribution is 0.0738. The van der Waals surface area contributed by atoms with Gasteiger partial charge in [-0.3, -0.25) is 4.79 Å². The van der Waals surface area contributed by atoms with Crippen LogP contribution in [0.4, 0.5) is 0 Å². The summed E-state index contributed by atoms with van der Waals surface area (Å²) in [6.07, 6.45) is 2.17. The summed E-state index contributed by atoms with van der Waals surface area (Å²) in [7, 11) is 0. The first-order valence-corrected chi connectivity index (χ1v) is 5.32. The molecular formula is C13H13NO. The molecule has 0 saturated heterocycles. The molecule has 2 aliphatic heterocycles. The number of nitrogens with zero attached hydrogens (tertiary/aromatic N) is 1. The molecule has 1 unspecified atom stereocenters. The lowest BCUT2D eigenvalue weighted by Crippen LogP contribution is -2.42. The molecule has 0 spiro atoms. The second-order valence-corrected chi connectivity index (χ2v) is 4.30. The van der Waals surface area contributed by atoms with Crippen molar-refractivity contribution in [2.75, 3.05) is 13.1 Å². The molecule has 15 heavy (non-hydrogen) atoms. The van der Waals surface area contributed by atoms with Gasteiger partial charge in [-0.1, -0.05) is 29.8 Å². The number of rotatable bonds is 0. The lowest BCUT2D eigenvalue weighted by atomic mass is 9.82. The molecule has 1 aromatic carbocycles. The Morgan fingerprint density at radius 1 is 1.33 bits per heavy atom. The Morgan fingerprint density at radius 2 is 2.13 bits per heavy atom. The largest absolute Gasteiger partial charge is 0.334 e. The first-order chi connectivity index (χ1) is 7.27. The van der Waals surface area contributed by atoms with Gasteiger partial charge in [0.2, 0.25) is 0 Å². The average Bonchev–Trinajstić information content (AvgIpc) is 2.28. The number of amides is 1. The number of hydrogen-bond acceptors (Lipinski definition) is 1.